The van der Waals surface area contributed by atoms with Crippen molar-refractivity contribution in [3.8, 4) is 0 Å². The van der Waals surface area contributed by atoms with Gasteiger partial charge in [0.1, 0.15) is 11.4 Å². The maximum absolute atomic E-state index is 12.2. The molecule has 1 aromatic heterocycles. The van der Waals surface area contributed by atoms with Gasteiger partial charge in [0, 0.05) is 23.7 Å². The summed E-state index contributed by atoms with van der Waals surface area (Å²) in [6, 6.07) is 7.01. The van der Waals surface area contributed by atoms with E-state index >= 15 is 0 Å². The lowest BCUT2D eigenvalue weighted by molar-refractivity contribution is 0.0962. The molecule has 0 fully saturated rings. The summed E-state index contributed by atoms with van der Waals surface area (Å²) >= 11 is 5.81. The second-order valence-electron chi connectivity index (χ2n) is 4.95. The van der Waals surface area contributed by atoms with Crippen molar-refractivity contribution in [2.45, 2.75) is 18.6 Å². The smallest absolute Gasteiger partial charge is 0.256 e. The summed E-state index contributed by atoms with van der Waals surface area (Å²) in [4.78, 5) is 19.9. The molecule has 1 amide bonds. The Morgan fingerprint density at radius 1 is 1.50 bits per heavy atom. The van der Waals surface area contributed by atoms with Crippen molar-refractivity contribution in [1.29, 1.82) is 0 Å². The van der Waals surface area contributed by atoms with Gasteiger partial charge in [0.25, 0.3) is 5.91 Å². The van der Waals surface area contributed by atoms with Gasteiger partial charge in [0.2, 0.25) is 5.28 Å². The number of amides is 1. The van der Waals surface area contributed by atoms with E-state index in [0.29, 0.717) is 6.42 Å². The van der Waals surface area contributed by atoms with Gasteiger partial charge in [-0.1, -0.05) is 24.3 Å². The number of anilines is 1. The summed E-state index contributed by atoms with van der Waals surface area (Å²) in [5.41, 5.74) is 1.80. The van der Waals surface area contributed by atoms with E-state index in [2.05, 4.69) is 15.3 Å². The van der Waals surface area contributed by atoms with Crippen molar-refractivity contribution in [2.75, 3.05) is 12.3 Å². The molecule has 3 N–H and O–H groups in total. The van der Waals surface area contributed by atoms with Crippen molar-refractivity contribution in [3.05, 3.63) is 52.4 Å². The Morgan fingerprint density at radius 2 is 2.32 bits per heavy atom. The third-order valence-corrected chi connectivity index (χ3v) is 3.80. The molecule has 0 saturated carbocycles. The maximum atomic E-state index is 12.2. The molecule has 0 unspecified atom stereocenters. The lowest BCUT2D eigenvalue weighted by Crippen LogP contribution is -2.25. The number of nitrogens with zero attached hydrogens (tertiary/aromatic N) is 2. The van der Waals surface area contributed by atoms with E-state index in [1.54, 1.807) is 0 Å². The second kappa shape index (κ2) is 5.90. The van der Waals surface area contributed by atoms with Crippen LogP contribution < -0.4 is 10.6 Å². The first-order valence-electron chi connectivity index (χ1n) is 8.12. The first kappa shape index (κ1) is 11.4. The van der Waals surface area contributed by atoms with Crippen LogP contribution in [0.5, 0.6) is 0 Å². The third kappa shape index (κ3) is 2.63. The first-order chi connectivity index (χ1) is 11.7. The molecule has 22 heavy (non-hydrogen) atoms. The lowest BCUT2D eigenvalue weighted by atomic mass is 10.1. The van der Waals surface area contributed by atoms with Crippen LogP contribution >= 0.6 is 11.6 Å². The highest BCUT2D eigenvalue weighted by molar-refractivity contribution is 6.28. The second-order valence-corrected chi connectivity index (χ2v) is 5.29. The molecule has 1 aliphatic carbocycles. The van der Waals surface area contributed by atoms with Crippen LogP contribution in [0.3, 0.4) is 0 Å². The fraction of sp³-hybridized carbons (Fsp3) is 0.267. The van der Waals surface area contributed by atoms with Gasteiger partial charge < -0.3 is 15.7 Å². The van der Waals surface area contributed by atoms with Crippen molar-refractivity contribution in [2.24, 2.45) is 0 Å². The Hall–Kier alpha value is -2.18. The van der Waals surface area contributed by atoms with E-state index in [9.17, 15) is 9.90 Å². The van der Waals surface area contributed by atoms with Gasteiger partial charge in [0.05, 0.1) is 12.1 Å². The van der Waals surface area contributed by atoms with Crippen molar-refractivity contribution in [1.82, 2.24) is 15.3 Å². The molecule has 0 radical (unpaired) electrons. The molecular formula is C15H15ClN4O2. The monoisotopic (exact) mass is 321 g/mol. The number of aliphatic hydroxyl groups is 1. The lowest BCUT2D eigenvalue weighted by Gasteiger charge is -2.20. The number of hydrogen-bond acceptors (Lipinski definition) is 5. The summed E-state index contributed by atoms with van der Waals surface area (Å²) in [7, 11) is 0. The number of halogens is 1. The number of aliphatic hydroxyl groups excluding tert-OH is 1. The van der Waals surface area contributed by atoms with Crippen LogP contribution in [-0.4, -0.2) is 34.1 Å². The van der Waals surface area contributed by atoms with E-state index in [-0.39, 0.29) is 16.7 Å². The summed E-state index contributed by atoms with van der Waals surface area (Å²) in [5.74, 6) is -0.803. The number of rotatable bonds is 3. The summed E-state index contributed by atoms with van der Waals surface area (Å²) in [5, 5.41) is 15.1. The van der Waals surface area contributed by atoms with Crippen molar-refractivity contribution in [3.63, 3.8) is 0 Å². The van der Waals surface area contributed by atoms with E-state index in [0.717, 1.165) is 17.3 Å². The zero-order valence-corrected chi connectivity index (χ0v) is 12.1. The molecular weight excluding hydrogens is 304 g/mol. The molecule has 1 aliphatic rings. The van der Waals surface area contributed by atoms with Crippen LogP contribution in [0, 0.1) is 0 Å². The van der Waals surface area contributed by atoms with Crippen LogP contribution in [0.25, 0.3) is 0 Å². The molecule has 7 heteroatoms. The molecule has 0 spiro atoms. The number of carbonyl (C=O) groups is 1. The fourth-order valence-electron chi connectivity index (χ4n) is 2.60. The highest BCUT2D eigenvalue weighted by Gasteiger charge is 2.32. The Labute approximate surface area is 136 Å². The van der Waals surface area contributed by atoms with Crippen LogP contribution in [-0.2, 0) is 6.42 Å². The highest BCUT2D eigenvalue weighted by atomic mass is 35.5. The van der Waals surface area contributed by atoms with E-state index in [1.165, 1.54) is 0 Å². The van der Waals surface area contributed by atoms with Gasteiger partial charge in [-0.2, -0.15) is 4.98 Å². The number of aromatic nitrogens is 2. The molecule has 3 rings (SSSR count). The number of nitrogens with one attached hydrogen (secondary N) is 2. The zero-order valence-electron chi connectivity index (χ0n) is 14.4. The molecule has 114 valence electrons. The van der Waals surface area contributed by atoms with Crippen molar-refractivity contribution < 1.29 is 14.0 Å². The summed E-state index contributed by atoms with van der Waals surface area (Å²) < 4.78 is 21.5. The molecule has 0 aliphatic heterocycles. The minimum atomic E-state index is -2.65. The summed E-state index contributed by atoms with van der Waals surface area (Å²) in [6.45, 7) is -2.65. The molecule has 1 aromatic carbocycles. The first-order valence-corrected chi connectivity index (χ1v) is 7.00. The van der Waals surface area contributed by atoms with Gasteiger partial charge in [-0.25, -0.2) is 4.98 Å². The van der Waals surface area contributed by atoms with Gasteiger partial charge >= 0.3 is 0 Å². The number of hydrogen-bond donors (Lipinski definition) is 3. The molecule has 2 atom stereocenters. The number of fused-ring (bicyclic) bond motifs is 1. The number of benzene rings is 1. The fourth-order valence-corrected chi connectivity index (χ4v) is 2.73. The molecule has 0 saturated heterocycles. The van der Waals surface area contributed by atoms with Gasteiger partial charge in [-0.3, -0.25) is 4.79 Å². The van der Waals surface area contributed by atoms with E-state index in [1.807, 2.05) is 29.6 Å². The Balaban J connectivity index is 1.92. The predicted octanol–water partition coefficient (Wildman–Crippen LogP) is 1.56. The molecule has 1 heterocycles. The standard InChI is InChI=1S/C15H15ClN4O2/c1-17-14(22)10-7-18-15(16)20-13(10)19-12-9-5-3-2-4-8(9)6-11(12)21/h2-5,7,11-12,21H,6H2,1H3,(H,17,22)(H,18,19,20)/t11-,12+/m1/s1/i1D3. The average molecular weight is 322 g/mol. The minimum Gasteiger partial charge on any atom is -0.390 e. The number of carbonyl (C=O) groups excluding carboxylic acids is 1. The van der Waals surface area contributed by atoms with Crippen LogP contribution in [0.15, 0.2) is 30.5 Å². The zero-order chi connectivity index (χ0) is 18.2. The molecule has 0 bridgehead atoms. The predicted molar refractivity (Wildman–Crippen MR) is 82.9 cm³/mol. The average Bonchev–Trinajstić information content (AvgIpc) is 2.82. The quantitative estimate of drug-likeness (QED) is 0.747. The molecule has 6 nitrogen and oxygen atoms in total. The minimum absolute atomic E-state index is 0.0579. The van der Waals surface area contributed by atoms with E-state index in [4.69, 9.17) is 15.7 Å². The van der Waals surface area contributed by atoms with Crippen molar-refractivity contribution >= 4 is 23.3 Å². The Morgan fingerprint density at radius 3 is 3.14 bits per heavy atom. The Kier molecular flexibility index (Phi) is 3.06. The summed E-state index contributed by atoms with van der Waals surface area (Å²) in [6.07, 6.45) is 0.889. The topological polar surface area (TPSA) is 87.1 Å². The van der Waals surface area contributed by atoms with Gasteiger partial charge in [-0.15, -0.1) is 0 Å². The normalized spacial score (nSPS) is 22.2. The van der Waals surface area contributed by atoms with Gasteiger partial charge in [0.15, 0.2) is 0 Å². The third-order valence-electron chi connectivity index (χ3n) is 3.61. The Bertz CT molecular complexity index is 816. The largest absolute Gasteiger partial charge is 0.390 e. The van der Waals surface area contributed by atoms with E-state index < -0.39 is 25.0 Å². The highest BCUT2D eigenvalue weighted by Crippen LogP contribution is 2.34. The molecule has 2 aromatic rings. The van der Waals surface area contributed by atoms with Crippen LogP contribution in [0.2, 0.25) is 5.28 Å². The SMILES string of the molecule is [2H]C([2H])([2H])NC(=O)c1cnc(Cl)nc1N[C@H]1c2ccccc2C[C@H]1O. The maximum Gasteiger partial charge on any atom is 0.256 e. The van der Waals surface area contributed by atoms with Crippen LogP contribution in [0.1, 0.15) is 31.6 Å². The van der Waals surface area contributed by atoms with Gasteiger partial charge in [-0.05, 0) is 22.7 Å². The van der Waals surface area contributed by atoms with Crippen LogP contribution in [0.4, 0.5) is 5.82 Å².